The van der Waals surface area contributed by atoms with Crippen LogP contribution in [0, 0.1) is 0 Å². The SMILES string of the molecule is CC(O)c1cc(Br)cc(C(=O)O)c1O. The Labute approximate surface area is 88.9 Å². The second kappa shape index (κ2) is 3.98. The van der Waals surface area contributed by atoms with Gasteiger partial charge in [0.2, 0.25) is 0 Å². The van der Waals surface area contributed by atoms with Crippen molar-refractivity contribution >= 4 is 21.9 Å². The van der Waals surface area contributed by atoms with Crippen LogP contribution in [0.5, 0.6) is 5.75 Å². The molecule has 0 aliphatic carbocycles. The number of carboxylic acid groups (broad SMARTS) is 1. The van der Waals surface area contributed by atoms with Crippen LogP contribution < -0.4 is 0 Å². The number of rotatable bonds is 2. The average molecular weight is 261 g/mol. The van der Waals surface area contributed by atoms with Crippen molar-refractivity contribution in [1.82, 2.24) is 0 Å². The standard InChI is InChI=1S/C9H9BrO4/c1-4(11)6-2-5(10)3-7(8(6)12)9(13)14/h2-4,11-12H,1H3,(H,13,14). The van der Waals surface area contributed by atoms with Crippen molar-refractivity contribution in [3.05, 3.63) is 27.7 Å². The molecule has 0 fully saturated rings. The van der Waals surface area contributed by atoms with Crippen molar-refractivity contribution in [1.29, 1.82) is 0 Å². The number of benzene rings is 1. The molecule has 0 aromatic heterocycles. The Bertz CT molecular complexity index is 373. The molecule has 3 N–H and O–H groups in total. The smallest absolute Gasteiger partial charge is 0.339 e. The summed E-state index contributed by atoms with van der Waals surface area (Å²) in [6, 6.07) is 2.76. The molecule has 0 saturated heterocycles. The highest BCUT2D eigenvalue weighted by atomic mass is 79.9. The molecule has 0 spiro atoms. The van der Waals surface area contributed by atoms with E-state index in [4.69, 9.17) is 5.11 Å². The van der Waals surface area contributed by atoms with Gasteiger partial charge < -0.3 is 15.3 Å². The zero-order valence-corrected chi connectivity index (χ0v) is 8.95. The highest BCUT2D eigenvalue weighted by molar-refractivity contribution is 9.10. The summed E-state index contributed by atoms with van der Waals surface area (Å²) in [5.74, 6) is -1.62. The minimum Gasteiger partial charge on any atom is -0.507 e. The fraction of sp³-hybridized carbons (Fsp3) is 0.222. The van der Waals surface area contributed by atoms with Crippen molar-refractivity contribution in [2.75, 3.05) is 0 Å². The van der Waals surface area contributed by atoms with E-state index in [1.807, 2.05) is 0 Å². The minimum absolute atomic E-state index is 0.191. The topological polar surface area (TPSA) is 77.8 Å². The number of aliphatic hydroxyl groups excluding tert-OH is 1. The van der Waals surface area contributed by atoms with Crippen molar-refractivity contribution in [2.45, 2.75) is 13.0 Å². The Kier molecular flexibility index (Phi) is 3.13. The van der Waals surface area contributed by atoms with Crippen LogP contribution in [0.4, 0.5) is 0 Å². The number of carbonyl (C=O) groups is 1. The second-order valence-corrected chi connectivity index (χ2v) is 3.79. The van der Waals surface area contributed by atoms with Crippen molar-refractivity contribution in [2.24, 2.45) is 0 Å². The number of aliphatic hydroxyl groups is 1. The van der Waals surface area contributed by atoms with Gasteiger partial charge in [0.1, 0.15) is 11.3 Å². The predicted molar refractivity (Wildman–Crippen MR) is 53.4 cm³/mol. The van der Waals surface area contributed by atoms with Gasteiger partial charge in [0.05, 0.1) is 6.10 Å². The molecule has 14 heavy (non-hydrogen) atoms. The van der Waals surface area contributed by atoms with E-state index in [1.165, 1.54) is 19.1 Å². The van der Waals surface area contributed by atoms with Crippen LogP contribution in [-0.2, 0) is 0 Å². The van der Waals surface area contributed by atoms with Crippen LogP contribution in [0.25, 0.3) is 0 Å². The molecule has 0 aliphatic rings. The summed E-state index contributed by atoms with van der Waals surface area (Å²) < 4.78 is 0.503. The Hall–Kier alpha value is -1.07. The molecule has 4 nitrogen and oxygen atoms in total. The van der Waals surface area contributed by atoms with Crippen LogP contribution in [-0.4, -0.2) is 21.3 Å². The maximum Gasteiger partial charge on any atom is 0.339 e. The molecule has 0 amide bonds. The molecule has 0 saturated carbocycles. The first-order valence-electron chi connectivity index (χ1n) is 3.87. The number of phenols is 1. The summed E-state index contributed by atoms with van der Waals surface area (Å²) in [5, 5.41) is 27.5. The van der Waals surface area contributed by atoms with Crippen molar-refractivity contribution in [3.8, 4) is 5.75 Å². The van der Waals surface area contributed by atoms with Gasteiger partial charge in [-0.1, -0.05) is 15.9 Å². The highest BCUT2D eigenvalue weighted by Gasteiger charge is 2.17. The van der Waals surface area contributed by atoms with Gasteiger partial charge in [-0.25, -0.2) is 4.79 Å². The van der Waals surface area contributed by atoms with Gasteiger partial charge in [0.25, 0.3) is 0 Å². The fourth-order valence-electron chi connectivity index (χ4n) is 1.10. The number of hydrogen-bond donors (Lipinski definition) is 3. The first-order valence-corrected chi connectivity index (χ1v) is 4.66. The molecule has 0 heterocycles. The van der Waals surface area contributed by atoms with E-state index in [0.717, 1.165) is 0 Å². The normalized spacial score (nSPS) is 12.5. The zero-order chi connectivity index (χ0) is 10.9. The summed E-state index contributed by atoms with van der Waals surface area (Å²) in [5.41, 5.74) is -0.0351. The molecule has 0 aliphatic heterocycles. The van der Waals surface area contributed by atoms with Crippen LogP contribution >= 0.6 is 15.9 Å². The third kappa shape index (κ3) is 2.05. The number of aromatic carboxylic acids is 1. The van der Waals surface area contributed by atoms with E-state index >= 15 is 0 Å². The lowest BCUT2D eigenvalue weighted by Crippen LogP contribution is -2.01. The summed E-state index contributed by atoms with van der Waals surface area (Å²) in [6.45, 7) is 1.45. The van der Waals surface area contributed by atoms with E-state index in [0.29, 0.717) is 4.47 Å². The van der Waals surface area contributed by atoms with Gasteiger partial charge in [-0.2, -0.15) is 0 Å². The van der Waals surface area contributed by atoms with Crippen LogP contribution in [0.3, 0.4) is 0 Å². The van der Waals surface area contributed by atoms with Gasteiger partial charge in [0.15, 0.2) is 0 Å². The van der Waals surface area contributed by atoms with E-state index in [1.54, 1.807) is 0 Å². The van der Waals surface area contributed by atoms with Gasteiger partial charge in [-0.3, -0.25) is 0 Å². The lowest BCUT2D eigenvalue weighted by molar-refractivity contribution is 0.0693. The largest absolute Gasteiger partial charge is 0.507 e. The minimum atomic E-state index is -1.23. The first-order chi connectivity index (χ1) is 6.43. The van der Waals surface area contributed by atoms with E-state index in [2.05, 4.69) is 15.9 Å². The predicted octanol–water partition coefficient (Wildman–Crippen LogP) is 1.91. The lowest BCUT2D eigenvalue weighted by atomic mass is 10.1. The van der Waals surface area contributed by atoms with Crippen molar-refractivity contribution < 1.29 is 20.1 Å². The second-order valence-electron chi connectivity index (χ2n) is 2.87. The molecule has 1 aromatic rings. The summed E-state index contributed by atoms with van der Waals surface area (Å²) in [4.78, 5) is 10.7. The molecular formula is C9H9BrO4. The van der Waals surface area contributed by atoms with E-state index in [9.17, 15) is 15.0 Å². The highest BCUT2D eigenvalue weighted by Crippen LogP contribution is 2.31. The van der Waals surface area contributed by atoms with E-state index < -0.39 is 17.8 Å². The number of aromatic hydroxyl groups is 1. The molecular weight excluding hydrogens is 252 g/mol. The molecule has 1 atom stereocenters. The molecule has 0 radical (unpaired) electrons. The van der Waals surface area contributed by atoms with Crippen molar-refractivity contribution in [3.63, 3.8) is 0 Å². The van der Waals surface area contributed by atoms with Gasteiger partial charge in [0, 0.05) is 10.0 Å². The number of hydrogen-bond acceptors (Lipinski definition) is 3. The third-order valence-electron chi connectivity index (χ3n) is 1.78. The summed E-state index contributed by atoms with van der Waals surface area (Å²) in [7, 11) is 0. The third-order valence-corrected chi connectivity index (χ3v) is 2.24. The monoisotopic (exact) mass is 260 g/mol. The molecule has 0 bridgehead atoms. The summed E-state index contributed by atoms with van der Waals surface area (Å²) in [6.07, 6.45) is -0.911. The fourth-order valence-corrected chi connectivity index (χ4v) is 1.58. The molecule has 5 heteroatoms. The van der Waals surface area contributed by atoms with Crippen LogP contribution in [0.15, 0.2) is 16.6 Å². The van der Waals surface area contributed by atoms with Crippen LogP contribution in [0.1, 0.15) is 28.9 Å². The lowest BCUT2D eigenvalue weighted by Gasteiger charge is -2.10. The Morgan fingerprint density at radius 2 is 2.07 bits per heavy atom. The Balaban J connectivity index is 3.40. The Morgan fingerprint density at radius 1 is 1.50 bits per heavy atom. The summed E-state index contributed by atoms with van der Waals surface area (Å²) >= 11 is 3.10. The maximum atomic E-state index is 10.7. The Morgan fingerprint density at radius 3 is 2.50 bits per heavy atom. The van der Waals surface area contributed by atoms with Gasteiger partial charge >= 0.3 is 5.97 Å². The molecule has 1 aromatic carbocycles. The van der Waals surface area contributed by atoms with Gasteiger partial charge in [-0.05, 0) is 19.1 Å². The van der Waals surface area contributed by atoms with Crippen LogP contribution in [0.2, 0.25) is 0 Å². The molecule has 1 unspecified atom stereocenters. The first kappa shape index (κ1) is 11.0. The number of carboxylic acids is 1. The zero-order valence-electron chi connectivity index (χ0n) is 7.36. The number of halogens is 1. The van der Waals surface area contributed by atoms with Gasteiger partial charge in [-0.15, -0.1) is 0 Å². The molecule has 76 valence electrons. The average Bonchev–Trinajstić information content (AvgIpc) is 2.07. The van der Waals surface area contributed by atoms with E-state index in [-0.39, 0.29) is 11.1 Å². The maximum absolute atomic E-state index is 10.7. The quantitative estimate of drug-likeness (QED) is 0.759. The molecule has 1 rings (SSSR count).